The van der Waals surface area contributed by atoms with Gasteiger partial charge in [0.05, 0.1) is 0 Å². The van der Waals surface area contributed by atoms with Gasteiger partial charge in [0.1, 0.15) is 12.2 Å². The summed E-state index contributed by atoms with van der Waals surface area (Å²) in [7, 11) is 1.55. The predicted octanol–water partition coefficient (Wildman–Crippen LogP) is 2.13. The topological polar surface area (TPSA) is 59.1 Å². The van der Waals surface area contributed by atoms with E-state index in [9.17, 15) is 9.59 Å². The molecule has 2 rings (SSSR count). The average Bonchev–Trinajstić information content (AvgIpc) is 2.96. The maximum Gasteiger partial charge on any atom is 0.410 e. The third-order valence-corrected chi connectivity index (χ3v) is 4.62. The monoisotopic (exact) mass is 326 g/mol. The van der Waals surface area contributed by atoms with E-state index in [0.29, 0.717) is 11.8 Å². The van der Waals surface area contributed by atoms with Crippen LogP contribution in [0.2, 0.25) is 0 Å². The van der Waals surface area contributed by atoms with Gasteiger partial charge in [-0.2, -0.15) is 0 Å². The molecule has 0 radical (unpaired) electrons. The first-order chi connectivity index (χ1) is 10.8. The first kappa shape index (κ1) is 18.0. The number of likely N-dealkylation sites (tertiary alicyclic amines) is 2. The standard InChI is InChI=1S/C17H30N2O4/c1-17(2,3)23-16(21)19-9-7-14(11-19)13-6-5-8-18(10-13)15(20)12-22-4/h13-14H,5-12H2,1-4H3. The molecule has 2 aliphatic rings. The first-order valence-electron chi connectivity index (χ1n) is 8.55. The number of ether oxygens (including phenoxy) is 2. The van der Waals surface area contributed by atoms with Gasteiger partial charge < -0.3 is 19.3 Å². The van der Waals surface area contributed by atoms with Gasteiger partial charge in [0, 0.05) is 33.3 Å². The highest BCUT2D eigenvalue weighted by molar-refractivity contribution is 5.77. The van der Waals surface area contributed by atoms with Crippen molar-refractivity contribution in [1.29, 1.82) is 0 Å². The second kappa shape index (κ2) is 7.51. The van der Waals surface area contributed by atoms with Gasteiger partial charge in [-0.1, -0.05) is 0 Å². The quantitative estimate of drug-likeness (QED) is 0.797. The summed E-state index contributed by atoms with van der Waals surface area (Å²) in [4.78, 5) is 27.9. The number of nitrogens with zero attached hydrogens (tertiary/aromatic N) is 2. The SMILES string of the molecule is COCC(=O)N1CCCC(C2CCN(C(=O)OC(C)(C)C)C2)C1. The minimum atomic E-state index is -0.455. The Hall–Kier alpha value is -1.30. The summed E-state index contributed by atoms with van der Waals surface area (Å²) < 4.78 is 10.4. The fourth-order valence-corrected chi connectivity index (χ4v) is 3.50. The van der Waals surface area contributed by atoms with E-state index < -0.39 is 5.60 Å². The van der Waals surface area contributed by atoms with E-state index in [1.165, 1.54) is 0 Å². The third-order valence-electron chi connectivity index (χ3n) is 4.62. The molecule has 2 amide bonds. The largest absolute Gasteiger partial charge is 0.444 e. The van der Waals surface area contributed by atoms with Crippen LogP contribution in [0.3, 0.4) is 0 Å². The van der Waals surface area contributed by atoms with Crippen LogP contribution in [0.1, 0.15) is 40.0 Å². The van der Waals surface area contributed by atoms with Crippen molar-refractivity contribution < 1.29 is 19.1 Å². The first-order valence-corrected chi connectivity index (χ1v) is 8.55. The number of hydrogen-bond acceptors (Lipinski definition) is 4. The number of amides is 2. The van der Waals surface area contributed by atoms with Crippen LogP contribution in [-0.4, -0.2) is 67.3 Å². The van der Waals surface area contributed by atoms with E-state index in [0.717, 1.165) is 45.4 Å². The lowest BCUT2D eigenvalue weighted by molar-refractivity contribution is -0.137. The Kier molecular flexibility index (Phi) is 5.89. The maximum absolute atomic E-state index is 12.2. The minimum absolute atomic E-state index is 0.0687. The van der Waals surface area contributed by atoms with Crippen LogP contribution in [0, 0.1) is 11.8 Å². The van der Waals surface area contributed by atoms with Crippen LogP contribution >= 0.6 is 0 Å². The molecule has 0 aromatic rings. The second-order valence-corrected chi connectivity index (χ2v) is 7.65. The summed E-state index contributed by atoms with van der Waals surface area (Å²) in [6, 6.07) is 0. The van der Waals surface area contributed by atoms with Gasteiger partial charge in [0.25, 0.3) is 0 Å². The maximum atomic E-state index is 12.2. The highest BCUT2D eigenvalue weighted by atomic mass is 16.6. The molecule has 2 fully saturated rings. The van der Waals surface area contributed by atoms with Crippen molar-refractivity contribution in [3.8, 4) is 0 Å². The van der Waals surface area contributed by atoms with E-state index in [2.05, 4.69) is 0 Å². The molecule has 0 saturated carbocycles. The fourth-order valence-electron chi connectivity index (χ4n) is 3.50. The molecule has 0 N–H and O–H groups in total. The zero-order chi connectivity index (χ0) is 17.0. The Morgan fingerprint density at radius 2 is 1.70 bits per heavy atom. The van der Waals surface area contributed by atoms with Crippen molar-refractivity contribution in [2.24, 2.45) is 11.8 Å². The molecule has 132 valence electrons. The summed E-state index contributed by atoms with van der Waals surface area (Å²) in [6.45, 7) is 8.92. The number of hydrogen-bond donors (Lipinski definition) is 0. The van der Waals surface area contributed by atoms with Gasteiger partial charge in [-0.25, -0.2) is 4.79 Å². The Labute approximate surface area is 139 Å². The normalized spacial score (nSPS) is 25.6. The molecule has 2 heterocycles. The molecule has 2 unspecified atom stereocenters. The summed E-state index contributed by atoms with van der Waals surface area (Å²) in [5, 5.41) is 0. The molecule has 0 aliphatic carbocycles. The molecular weight excluding hydrogens is 296 g/mol. The Balaban J connectivity index is 1.86. The van der Waals surface area contributed by atoms with Crippen molar-refractivity contribution in [2.75, 3.05) is 39.9 Å². The van der Waals surface area contributed by atoms with Crippen LogP contribution in [0.4, 0.5) is 4.79 Å². The Bertz CT molecular complexity index is 433. The zero-order valence-electron chi connectivity index (χ0n) is 14.8. The summed E-state index contributed by atoms with van der Waals surface area (Å²) in [5.74, 6) is 0.997. The van der Waals surface area contributed by atoms with Gasteiger partial charge in [0.2, 0.25) is 5.91 Å². The van der Waals surface area contributed by atoms with Crippen LogP contribution in [0.25, 0.3) is 0 Å². The molecule has 23 heavy (non-hydrogen) atoms. The molecule has 6 nitrogen and oxygen atoms in total. The molecule has 0 spiro atoms. The van der Waals surface area contributed by atoms with E-state index in [1.807, 2.05) is 30.6 Å². The van der Waals surface area contributed by atoms with Gasteiger partial charge in [0.15, 0.2) is 0 Å². The van der Waals surface area contributed by atoms with Crippen molar-refractivity contribution in [2.45, 2.75) is 45.6 Å². The second-order valence-electron chi connectivity index (χ2n) is 7.65. The molecular formula is C17H30N2O4. The molecule has 2 saturated heterocycles. The van der Waals surface area contributed by atoms with Crippen molar-refractivity contribution in [1.82, 2.24) is 9.80 Å². The van der Waals surface area contributed by atoms with Gasteiger partial charge in [-0.05, 0) is 51.9 Å². The summed E-state index contributed by atoms with van der Waals surface area (Å²) in [6.07, 6.45) is 2.94. The lowest BCUT2D eigenvalue weighted by atomic mass is 9.85. The zero-order valence-corrected chi connectivity index (χ0v) is 14.8. The van der Waals surface area contributed by atoms with E-state index in [4.69, 9.17) is 9.47 Å². The van der Waals surface area contributed by atoms with Gasteiger partial charge >= 0.3 is 6.09 Å². The highest BCUT2D eigenvalue weighted by Crippen LogP contribution is 2.31. The summed E-state index contributed by atoms with van der Waals surface area (Å²) in [5.41, 5.74) is -0.455. The molecule has 0 aromatic carbocycles. The predicted molar refractivity (Wildman–Crippen MR) is 87.1 cm³/mol. The molecule has 2 atom stereocenters. The van der Waals surface area contributed by atoms with Gasteiger partial charge in [-0.15, -0.1) is 0 Å². The van der Waals surface area contributed by atoms with Crippen molar-refractivity contribution >= 4 is 12.0 Å². The van der Waals surface area contributed by atoms with E-state index in [-0.39, 0.29) is 18.6 Å². The van der Waals surface area contributed by atoms with Crippen LogP contribution in [0.5, 0.6) is 0 Å². The Morgan fingerprint density at radius 1 is 1.04 bits per heavy atom. The summed E-state index contributed by atoms with van der Waals surface area (Å²) >= 11 is 0. The molecule has 6 heteroatoms. The molecule has 0 aromatic heterocycles. The van der Waals surface area contributed by atoms with E-state index in [1.54, 1.807) is 7.11 Å². The van der Waals surface area contributed by atoms with E-state index >= 15 is 0 Å². The van der Waals surface area contributed by atoms with Crippen LogP contribution < -0.4 is 0 Å². The number of carbonyl (C=O) groups is 2. The molecule has 2 aliphatic heterocycles. The number of methoxy groups -OCH3 is 1. The smallest absolute Gasteiger partial charge is 0.410 e. The Morgan fingerprint density at radius 3 is 2.35 bits per heavy atom. The number of rotatable bonds is 3. The highest BCUT2D eigenvalue weighted by Gasteiger charge is 2.36. The van der Waals surface area contributed by atoms with Crippen molar-refractivity contribution in [3.05, 3.63) is 0 Å². The average molecular weight is 326 g/mol. The number of piperidine rings is 1. The fraction of sp³-hybridized carbons (Fsp3) is 0.882. The minimum Gasteiger partial charge on any atom is -0.444 e. The third kappa shape index (κ3) is 5.09. The van der Waals surface area contributed by atoms with Crippen molar-refractivity contribution in [3.63, 3.8) is 0 Å². The number of carbonyl (C=O) groups excluding carboxylic acids is 2. The molecule has 0 bridgehead atoms. The lowest BCUT2D eigenvalue weighted by Crippen LogP contribution is -2.44. The van der Waals surface area contributed by atoms with Gasteiger partial charge in [-0.3, -0.25) is 4.79 Å². The van der Waals surface area contributed by atoms with Crippen LogP contribution in [-0.2, 0) is 14.3 Å². The lowest BCUT2D eigenvalue weighted by Gasteiger charge is -2.35. The van der Waals surface area contributed by atoms with Crippen LogP contribution in [0.15, 0.2) is 0 Å².